The first-order chi connectivity index (χ1) is 19.7. The minimum Gasteiger partial charge on any atom is -0.491 e. The predicted molar refractivity (Wildman–Crippen MR) is 151 cm³/mol. The molecule has 0 aliphatic heterocycles. The fraction of sp³-hybridized carbons (Fsp3) is 0.133. The van der Waals surface area contributed by atoms with E-state index in [0.29, 0.717) is 39.6 Å². The second-order valence-electron chi connectivity index (χ2n) is 9.05. The maximum atomic E-state index is 15.1. The van der Waals surface area contributed by atoms with Gasteiger partial charge in [0.15, 0.2) is 23.1 Å². The second kappa shape index (κ2) is 11.0. The molecule has 2 N–H and O–H groups in total. The van der Waals surface area contributed by atoms with Crippen LogP contribution in [0.3, 0.4) is 0 Å². The van der Waals surface area contributed by atoms with E-state index in [-0.39, 0.29) is 34.2 Å². The van der Waals surface area contributed by atoms with E-state index in [1.54, 1.807) is 32.0 Å². The first kappa shape index (κ1) is 27.1. The summed E-state index contributed by atoms with van der Waals surface area (Å²) in [6.07, 6.45) is 2.80. The number of aryl methyl sites for hydroxylation is 1. The number of hydrogen-bond donors (Lipinski definition) is 2. The number of carbonyl (C=O) groups is 1. The van der Waals surface area contributed by atoms with Crippen molar-refractivity contribution in [2.24, 2.45) is 0 Å². The number of allylic oxidation sites excluding steroid dienone is 1. The van der Waals surface area contributed by atoms with Crippen LogP contribution >= 0.6 is 0 Å². The molecule has 1 aromatic carbocycles. The van der Waals surface area contributed by atoms with E-state index in [1.807, 2.05) is 0 Å². The summed E-state index contributed by atoms with van der Waals surface area (Å²) in [6.45, 7) is 7.31. The zero-order valence-corrected chi connectivity index (χ0v) is 22.6. The van der Waals surface area contributed by atoms with Crippen molar-refractivity contribution < 1.29 is 27.8 Å². The molecule has 5 aromatic rings. The zero-order chi connectivity index (χ0) is 29.3. The van der Waals surface area contributed by atoms with Gasteiger partial charge in [0, 0.05) is 42.0 Å². The van der Waals surface area contributed by atoms with Gasteiger partial charge in [-0.15, -0.1) is 0 Å². The van der Waals surface area contributed by atoms with Gasteiger partial charge in [-0.05, 0) is 43.7 Å². The third-order valence-electron chi connectivity index (χ3n) is 6.23. The lowest BCUT2D eigenvalue weighted by atomic mass is 10.1. The number of aromatic nitrogens is 3. The van der Waals surface area contributed by atoms with E-state index in [0.717, 1.165) is 6.07 Å². The Balaban J connectivity index is 1.39. The van der Waals surface area contributed by atoms with Gasteiger partial charge < -0.3 is 28.9 Å². The fourth-order valence-corrected chi connectivity index (χ4v) is 4.16. The first-order valence-corrected chi connectivity index (χ1v) is 12.3. The van der Waals surface area contributed by atoms with Gasteiger partial charge in [0.2, 0.25) is 5.43 Å². The Labute approximate surface area is 233 Å². The third-order valence-corrected chi connectivity index (χ3v) is 6.23. The summed E-state index contributed by atoms with van der Waals surface area (Å²) < 4.78 is 37.1. The number of aromatic amines is 1. The van der Waals surface area contributed by atoms with Crippen LogP contribution in [0.25, 0.3) is 27.9 Å². The van der Waals surface area contributed by atoms with E-state index in [9.17, 15) is 9.59 Å². The average Bonchev–Trinajstić information content (AvgIpc) is 3.44. The Morgan fingerprint density at radius 3 is 2.56 bits per heavy atom. The van der Waals surface area contributed by atoms with Crippen LogP contribution < -0.4 is 25.0 Å². The van der Waals surface area contributed by atoms with Crippen molar-refractivity contribution in [1.82, 2.24) is 15.0 Å². The normalized spacial score (nSPS) is 10.9. The molecule has 0 aliphatic carbocycles. The van der Waals surface area contributed by atoms with E-state index in [2.05, 4.69) is 26.8 Å². The van der Waals surface area contributed by atoms with Gasteiger partial charge in [-0.25, -0.2) is 9.37 Å². The van der Waals surface area contributed by atoms with Gasteiger partial charge in [0.1, 0.15) is 22.6 Å². The van der Waals surface area contributed by atoms with E-state index < -0.39 is 17.2 Å². The lowest BCUT2D eigenvalue weighted by Gasteiger charge is -2.12. The average molecular weight is 557 g/mol. The Morgan fingerprint density at radius 1 is 1.07 bits per heavy atom. The van der Waals surface area contributed by atoms with Crippen LogP contribution in [0.5, 0.6) is 23.1 Å². The molecular formula is C30H25FN4O6. The summed E-state index contributed by atoms with van der Waals surface area (Å²) in [6, 6.07) is 10.4. The minimum atomic E-state index is -0.755. The molecule has 0 atom stereocenters. The third kappa shape index (κ3) is 5.24. The number of anilines is 1. The number of hydrogen-bond acceptors (Lipinski definition) is 8. The molecule has 41 heavy (non-hydrogen) atoms. The molecule has 0 bridgehead atoms. The van der Waals surface area contributed by atoms with Crippen LogP contribution in [0.1, 0.15) is 28.7 Å². The van der Waals surface area contributed by atoms with Crippen molar-refractivity contribution in [3.63, 3.8) is 0 Å². The van der Waals surface area contributed by atoms with E-state index in [1.165, 1.54) is 44.8 Å². The summed E-state index contributed by atoms with van der Waals surface area (Å²) in [4.78, 5) is 37.8. The molecule has 4 heterocycles. The molecule has 10 nitrogen and oxygen atoms in total. The van der Waals surface area contributed by atoms with Crippen molar-refractivity contribution in [1.29, 1.82) is 0 Å². The Kier molecular flexibility index (Phi) is 7.26. The van der Waals surface area contributed by atoms with Gasteiger partial charge in [0.05, 0.1) is 25.3 Å². The van der Waals surface area contributed by atoms with Crippen LogP contribution in [-0.2, 0) is 0 Å². The molecule has 0 saturated carbocycles. The fourth-order valence-electron chi connectivity index (χ4n) is 4.16. The monoisotopic (exact) mass is 556 g/mol. The largest absolute Gasteiger partial charge is 0.491 e. The highest BCUT2D eigenvalue weighted by Gasteiger charge is 2.20. The lowest BCUT2D eigenvalue weighted by Crippen LogP contribution is -2.23. The number of methoxy groups -OCH3 is 2. The van der Waals surface area contributed by atoms with Gasteiger partial charge >= 0.3 is 0 Å². The number of benzene rings is 1. The second-order valence-corrected chi connectivity index (χ2v) is 9.05. The molecular weight excluding hydrogens is 531 g/mol. The highest BCUT2D eigenvalue weighted by molar-refractivity contribution is 6.04. The molecule has 208 valence electrons. The van der Waals surface area contributed by atoms with Crippen LogP contribution in [0.15, 0.2) is 70.6 Å². The SMILES string of the molecule is C=C(C)c1ccc(-c2c(C)[nH]cc(C(=O)Nc3ccc(Oc4ccnc5cc(OC)c(OC)nc45)c(F)c3)c2=O)o1. The topological polar surface area (TPSA) is 129 Å². The number of pyridine rings is 3. The Hall–Kier alpha value is -5.45. The minimum absolute atomic E-state index is 0.117. The van der Waals surface area contributed by atoms with Gasteiger partial charge in [-0.3, -0.25) is 14.6 Å². The number of amides is 1. The summed E-state index contributed by atoms with van der Waals surface area (Å²) in [7, 11) is 2.93. The number of ether oxygens (including phenoxy) is 3. The van der Waals surface area contributed by atoms with Crippen molar-refractivity contribution >= 4 is 28.2 Å². The van der Waals surface area contributed by atoms with E-state index in [4.69, 9.17) is 18.6 Å². The number of rotatable bonds is 8. The molecule has 0 unspecified atom stereocenters. The number of nitrogens with one attached hydrogen (secondary N) is 2. The summed E-state index contributed by atoms with van der Waals surface area (Å²) in [5, 5.41) is 2.56. The number of furan rings is 1. The standard InChI is InChI=1S/C30H25FN4O6/c1-15(2)21-8-9-23(40-21)26-16(3)33-14-18(28(26)36)29(37)34-17-6-7-22(19(31)12-17)41-24-10-11-32-20-13-25(38-4)30(39-5)35-27(20)24/h6-14H,1H2,2-5H3,(H,33,36)(H,34,37). The zero-order valence-electron chi connectivity index (χ0n) is 22.6. The maximum Gasteiger partial charge on any atom is 0.261 e. The van der Waals surface area contributed by atoms with Crippen molar-refractivity contribution in [2.75, 3.05) is 19.5 Å². The number of nitrogens with zero attached hydrogens (tertiary/aromatic N) is 2. The van der Waals surface area contributed by atoms with Crippen molar-refractivity contribution in [3.8, 4) is 34.5 Å². The predicted octanol–water partition coefficient (Wildman–Crippen LogP) is 6.12. The molecule has 0 fully saturated rings. The maximum absolute atomic E-state index is 15.1. The van der Waals surface area contributed by atoms with Crippen LogP contribution in [-0.4, -0.2) is 35.1 Å². The molecule has 0 saturated heterocycles. The molecule has 1 amide bonds. The quantitative estimate of drug-likeness (QED) is 0.234. The first-order valence-electron chi connectivity index (χ1n) is 12.3. The Morgan fingerprint density at radius 2 is 1.88 bits per heavy atom. The van der Waals surface area contributed by atoms with Crippen molar-refractivity contribution in [3.05, 3.63) is 94.5 Å². The molecule has 11 heteroatoms. The molecule has 0 spiro atoms. The Bertz CT molecular complexity index is 1880. The van der Waals surface area contributed by atoms with Crippen molar-refractivity contribution in [2.45, 2.75) is 13.8 Å². The van der Waals surface area contributed by atoms with Gasteiger partial charge in [-0.2, -0.15) is 0 Å². The number of fused-ring (bicyclic) bond motifs is 1. The lowest BCUT2D eigenvalue weighted by molar-refractivity contribution is 0.102. The van der Waals surface area contributed by atoms with Crippen LogP contribution in [0.2, 0.25) is 0 Å². The highest BCUT2D eigenvalue weighted by atomic mass is 19.1. The highest BCUT2D eigenvalue weighted by Crippen LogP contribution is 2.35. The van der Waals surface area contributed by atoms with Gasteiger partial charge in [0.25, 0.3) is 11.8 Å². The number of halogens is 1. The summed E-state index contributed by atoms with van der Waals surface area (Å²) in [5.74, 6) is 0.0724. The summed E-state index contributed by atoms with van der Waals surface area (Å²) in [5.41, 5.74) is 1.64. The van der Waals surface area contributed by atoms with Crippen LogP contribution in [0, 0.1) is 12.7 Å². The van der Waals surface area contributed by atoms with Gasteiger partial charge in [-0.1, -0.05) is 6.58 Å². The summed E-state index contributed by atoms with van der Waals surface area (Å²) >= 11 is 0. The molecule has 0 radical (unpaired) electrons. The molecule has 4 aromatic heterocycles. The molecule has 0 aliphatic rings. The van der Waals surface area contributed by atoms with E-state index >= 15 is 4.39 Å². The number of carbonyl (C=O) groups excluding carboxylic acids is 1. The smallest absolute Gasteiger partial charge is 0.261 e. The number of H-pyrrole nitrogens is 1. The molecule has 5 rings (SSSR count). The van der Waals surface area contributed by atoms with Crippen LogP contribution in [0.4, 0.5) is 10.1 Å².